The standard InChI is InChI=1S/C26H27NO3/c1-17-11-12-21(13-18(17)2)27-25(28)24-16-26(24,19-7-5-9-22(14-19)29-3)20-8-6-10-23(15-20)30-4/h5-15,24H,16H2,1-4H3,(H,27,28)/t24-/m1/s1. The molecule has 0 aromatic heterocycles. The van der Waals surface area contributed by atoms with E-state index in [9.17, 15) is 4.79 Å². The summed E-state index contributed by atoms with van der Waals surface area (Å²) in [6.45, 7) is 4.12. The van der Waals surface area contributed by atoms with Crippen LogP contribution in [-0.4, -0.2) is 20.1 Å². The van der Waals surface area contributed by atoms with Crippen LogP contribution >= 0.6 is 0 Å². The SMILES string of the molecule is COc1cccc(C2(c3cccc(OC)c3)C[C@@H]2C(=O)Nc2ccc(C)c(C)c2)c1. The molecule has 1 atom stereocenters. The van der Waals surface area contributed by atoms with Gasteiger partial charge in [-0.2, -0.15) is 0 Å². The molecule has 4 heteroatoms. The van der Waals surface area contributed by atoms with Gasteiger partial charge in [-0.3, -0.25) is 4.79 Å². The van der Waals surface area contributed by atoms with Crippen molar-refractivity contribution in [2.24, 2.45) is 5.92 Å². The highest BCUT2D eigenvalue weighted by atomic mass is 16.5. The van der Waals surface area contributed by atoms with Gasteiger partial charge < -0.3 is 14.8 Å². The smallest absolute Gasteiger partial charge is 0.228 e. The van der Waals surface area contributed by atoms with E-state index < -0.39 is 5.41 Å². The molecule has 0 saturated heterocycles. The first-order valence-corrected chi connectivity index (χ1v) is 10.1. The molecule has 30 heavy (non-hydrogen) atoms. The predicted molar refractivity (Wildman–Crippen MR) is 119 cm³/mol. The summed E-state index contributed by atoms with van der Waals surface area (Å²) in [4.78, 5) is 13.3. The predicted octanol–water partition coefficient (Wildman–Crippen LogP) is 5.27. The molecule has 1 fully saturated rings. The van der Waals surface area contributed by atoms with Crippen LogP contribution in [-0.2, 0) is 10.2 Å². The zero-order valence-corrected chi connectivity index (χ0v) is 17.9. The number of hydrogen-bond donors (Lipinski definition) is 1. The van der Waals surface area contributed by atoms with Gasteiger partial charge in [-0.15, -0.1) is 0 Å². The minimum Gasteiger partial charge on any atom is -0.497 e. The van der Waals surface area contributed by atoms with Crippen molar-refractivity contribution in [3.05, 3.63) is 89.0 Å². The maximum absolute atomic E-state index is 13.3. The number of carbonyl (C=O) groups excluding carboxylic acids is 1. The van der Waals surface area contributed by atoms with Crippen LogP contribution in [0.4, 0.5) is 5.69 Å². The summed E-state index contributed by atoms with van der Waals surface area (Å²) in [5, 5.41) is 3.12. The summed E-state index contributed by atoms with van der Waals surface area (Å²) in [7, 11) is 3.32. The maximum atomic E-state index is 13.3. The third-order valence-electron chi connectivity index (χ3n) is 6.22. The fraction of sp³-hybridized carbons (Fsp3) is 0.269. The number of rotatable bonds is 6. The van der Waals surface area contributed by atoms with Crippen LogP contribution in [0, 0.1) is 19.8 Å². The highest BCUT2D eigenvalue weighted by Crippen LogP contribution is 2.60. The molecule has 1 aliphatic rings. The summed E-state index contributed by atoms with van der Waals surface area (Å²) in [5.74, 6) is 1.44. The van der Waals surface area contributed by atoms with E-state index in [0.717, 1.165) is 40.3 Å². The summed E-state index contributed by atoms with van der Waals surface area (Å²) in [6.07, 6.45) is 0.740. The Hall–Kier alpha value is -3.27. The number of benzene rings is 3. The van der Waals surface area contributed by atoms with Crippen LogP contribution in [0.1, 0.15) is 28.7 Å². The summed E-state index contributed by atoms with van der Waals surface area (Å²) in [5.41, 5.74) is 4.97. The Morgan fingerprint density at radius 1 is 0.867 bits per heavy atom. The van der Waals surface area contributed by atoms with E-state index in [1.165, 1.54) is 5.56 Å². The zero-order valence-electron chi connectivity index (χ0n) is 17.9. The van der Waals surface area contributed by atoms with Gasteiger partial charge in [-0.1, -0.05) is 30.3 Å². The first-order valence-electron chi connectivity index (χ1n) is 10.1. The second-order valence-electron chi connectivity index (χ2n) is 7.98. The number of aryl methyl sites for hydroxylation is 2. The van der Waals surface area contributed by atoms with Gasteiger partial charge in [0.25, 0.3) is 0 Å². The minimum atomic E-state index is -0.396. The summed E-state index contributed by atoms with van der Waals surface area (Å²) >= 11 is 0. The van der Waals surface area contributed by atoms with Gasteiger partial charge in [0.15, 0.2) is 0 Å². The van der Waals surface area contributed by atoms with E-state index in [-0.39, 0.29) is 11.8 Å². The van der Waals surface area contributed by atoms with Gasteiger partial charge in [0.05, 0.1) is 20.1 Å². The zero-order chi connectivity index (χ0) is 21.3. The molecule has 4 rings (SSSR count). The van der Waals surface area contributed by atoms with Crippen molar-refractivity contribution in [1.29, 1.82) is 0 Å². The number of hydrogen-bond acceptors (Lipinski definition) is 3. The van der Waals surface area contributed by atoms with Gasteiger partial charge >= 0.3 is 0 Å². The monoisotopic (exact) mass is 401 g/mol. The van der Waals surface area contributed by atoms with Gasteiger partial charge in [-0.25, -0.2) is 0 Å². The number of nitrogens with one attached hydrogen (secondary N) is 1. The maximum Gasteiger partial charge on any atom is 0.228 e. The Balaban J connectivity index is 1.70. The Morgan fingerprint density at radius 2 is 1.47 bits per heavy atom. The van der Waals surface area contributed by atoms with Crippen LogP contribution in [0.25, 0.3) is 0 Å². The van der Waals surface area contributed by atoms with Crippen LogP contribution in [0.2, 0.25) is 0 Å². The van der Waals surface area contributed by atoms with E-state index in [2.05, 4.69) is 31.3 Å². The quantitative estimate of drug-likeness (QED) is 0.612. The summed E-state index contributed by atoms with van der Waals surface area (Å²) in [6, 6.07) is 22.0. The van der Waals surface area contributed by atoms with E-state index in [4.69, 9.17) is 9.47 Å². The number of ether oxygens (including phenoxy) is 2. The average Bonchev–Trinajstić information content (AvgIpc) is 3.54. The van der Waals surface area contributed by atoms with Gasteiger partial charge in [0, 0.05) is 11.1 Å². The first kappa shape index (κ1) is 20.0. The number of amides is 1. The van der Waals surface area contributed by atoms with Crippen molar-refractivity contribution >= 4 is 11.6 Å². The lowest BCUT2D eigenvalue weighted by Gasteiger charge is -2.20. The highest BCUT2D eigenvalue weighted by molar-refractivity contribution is 5.97. The molecule has 1 N–H and O–H groups in total. The van der Waals surface area contributed by atoms with Gasteiger partial charge in [0.1, 0.15) is 11.5 Å². The Kier molecular flexibility index (Phi) is 5.25. The average molecular weight is 402 g/mol. The second-order valence-corrected chi connectivity index (χ2v) is 7.98. The third-order valence-corrected chi connectivity index (χ3v) is 6.22. The normalized spacial score (nSPS) is 16.6. The van der Waals surface area contributed by atoms with Crippen LogP contribution in [0.15, 0.2) is 66.7 Å². The van der Waals surface area contributed by atoms with Gasteiger partial charge in [-0.05, 0) is 78.9 Å². The molecule has 0 heterocycles. The number of methoxy groups -OCH3 is 2. The Bertz CT molecular complexity index is 1040. The molecule has 3 aromatic rings. The van der Waals surface area contributed by atoms with Crippen molar-refractivity contribution in [3.8, 4) is 11.5 Å². The van der Waals surface area contributed by atoms with Crippen molar-refractivity contribution < 1.29 is 14.3 Å². The minimum absolute atomic E-state index is 0.0314. The van der Waals surface area contributed by atoms with Crippen molar-refractivity contribution in [1.82, 2.24) is 0 Å². The van der Waals surface area contributed by atoms with Gasteiger partial charge in [0.2, 0.25) is 5.91 Å². The molecule has 0 spiro atoms. The number of anilines is 1. The van der Waals surface area contributed by atoms with E-state index in [1.54, 1.807) is 14.2 Å². The molecule has 0 bridgehead atoms. The molecular weight excluding hydrogens is 374 g/mol. The van der Waals surface area contributed by atoms with Crippen molar-refractivity contribution in [2.75, 3.05) is 19.5 Å². The van der Waals surface area contributed by atoms with E-state index in [1.807, 2.05) is 54.6 Å². The molecule has 4 nitrogen and oxygen atoms in total. The Morgan fingerprint density at radius 3 is 2.00 bits per heavy atom. The Labute approximate surface area is 177 Å². The van der Waals surface area contributed by atoms with Crippen LogP contribution in [0.5, 0.6) is 11.5 Å². The first-order chi connectivity index (χ1) is 14.5. The van der Waals surface area contributed by atoms with Crippen LogP contribution in [0.3, 0.4) is 0 Å². The largest absolute Gasteiger partial charge is 0.497 e. The van der Waals surface area contributed by atoms with Crippen molar-refractivity contribution in [3.63, 3.8) is 0 Å². The number of carbonyl (C=O) groups is 1. The topological polar surface area (TPSA) is 47.6 Å². The molecular formula is C26H27NO3. The molecule has 1 aliphatic carbocycles. The molecule has 154 valence electrons. The lowest BCUT2D eigenvalue weighted by atomic mass is 9.85. The molecule has 1 saturated carbocycles. The second kappa shape index (κ2) is 7.86. The molecule has 0 aliphatic heterocycles. The highest BCUT2D eigenvalue weighted by Gasteiger charge is 2.60. The molecule has 1 amide bonds. The van der Waals surface area contributed by atoms with E-state index >= 15 is 0 Å². The van der Waals surface area contributed by atoms with E-state index in [0.29, 0.717) is 0 Å². The summed E-state index contributed by atoms with van der Waals surface area (Å²) < 4.78 is 10.9. The fourth-order valence-electron chi connectivity index (χ4n) is 4.23. The molecule has 0 unspecified atom stereocenters. The third kappa shape index (κ3) is 3.54. The van der Waals surface area contributed by atoms with Crippen LogP contribution < -0.4 is 14.8 Å². The molecule has 0 radical (unpaired) electrons. The van der Waals surface area contributed by atoms with Crippen molar-refractivity contribution in [2.45, 2.75) is 25.7 Å². The fourth-order valence-corrected chi connectivity index (χ4v) is 4.23. The lowest BCUT2D eigenvalue weighted by molar-refractivity contribution is -0.117. The lowest BCUT2D eigenvalue weighted by Crippen LogP contribution is -2.22. The molecule has 3 aromatic carbocycles.